The number of hydrogen-bond acceptors (Lipinski definition) is 4. The van der Waals surface area contributed by atoms with Gasteiger partial charge in [0.05, 0.1) is 11.9 Å². The van der Waals surface area contributed by atoms with Crippen LogP contribution < -0.4 is 5.73 Å². The van der Waals surface area contributed by atoms with E-state index in [0.717, 1.165) is 5.56 Å². The van der Waals surface area contributed by atoms with Gasteiger partial charge in [0, 0.05) is 11.3 Å². The molecule has 0 spiro atoms. The molecule has 0 bridgehead atoms. The minimum atomic E-state index is -0.332. The first-order valence-corrected chi connectivity index (χ1v) is 8.80. The SMILES string of the molecule is Nc1cn2nc(-c3c(-c4ccc(F)cc4)ncn3-c3ccc(F)cc3)ccc2n1. The normalized spacial score (nSPS) is 11.2. The van der Waals surface area contributed by atoms with Gasteiger partial charge in [-0.15, -0.1) is 0 Å². The average molecular weight is 388 g/mol. The number of benzene rings is 2. The summed E-state index contributed by atoms with van der Waals surface area (Å²) in [5, 5.41) is 4.61. The molecule has 142 valence electrons. The van der Waals surface area contributed by atoms with E-state index in [1.165, 1.54) is 24.3 Å². The third-order valence-electron chi connectivity index (χ3n) is 4.57. The van der Waals surface area contributed by atoms with Gasteiger partial charge in [-0.05, 0) is 60.7 Å². The highest BCUT2D eigenvalue weighted by Crippen LogP contribution is 2.32. The van der Waals surface area contributed by atoms with Crippen LogP contribution in [0, 0.1) is 11.6 Å². The number of aromatic nitrogens is 5. The molecule has 5 aromatic rings. The third-order valence-corrected chi connectivity index (χ3v) is 4.57. The van der Waals surface area contributed by atoms with Crippen molar-refractivity contribution in [2.24, 2.45) is 0 Å². The molecule has 0 amide bonds. The summed E-state index contributed by atoms with van der Waals surface area (Å²) >= 11 is 0. The molecule has 3 aromatic heterocycles. The Morgan fingerprint density at radius 2 is 1.52 bits per heavy atom. The second-order valence-corrected chi connectivity index (χ2v) is 6.48. The fourth-order valence-electron chi connectivity index (χ4n) is 3.24. The maximum absolute atomic E-state index is 13.4. The van der Waals surface area contributed by atoms with Gasteiger partial charge in [-0.25, -0.2) is 23.3 Å². The largest absolute Gasteiger partial charge is 0.382 e. The summed E-state index contributed by atoms with van der Waals surface area (Å²) in [6.07, 6.45) is 3.25. The van der Waals surface area contributed by atoms with E-state index in [9.17, 15) is 8.78 Å². The number of nitrogens with zero attached hydrogens (tertiary/aromatic N) is 5. The smallest absolute Gasteiger partial charge is 0.156 e. The van der Waals surface area contributed by atoms with Crippen LogP contribution in [0.2, 0.25) is 0 Å². The zero-order valence-corrected chi connectivity index (χ0v) is 15.0. The van der Waals surface area contributed by atoms with Crippen molar-refractivity contribution in [2.75, 3.05) is 5.73 Å². The number of fused-ring (bicyclic) bond motifs is 1. The van der Waals surface area contributed by atoms with Crippen LogP contribution in [0.3, 0.4) is 0 Å². The van der Waals surface area contributed by atoms with E-state index in [-0.39, 0.29) is 11.6 Å². The molecule has 0 unspecified atom stereocenters. The van der Waals surface area contributed by atoms with Crippen molar-refractivity contribution < 1.29 is 8.78 Å². The standard InChI is InChI=1S/C21H14F2N6/c22-14-3-1-13(2-4-14)20-21(17-9-10-19-26-18(24)11-29(19)27-17)28(12-25-20)16-7-5-15(23)6-8-16/h1-12H,24H2. The zero-order chi connectivity index (χ0) is 20.0. The quantitative estimate of drug-likeness (QED) is 0.505. The van der Waals surface area contributed by atoms with Gasteiger partial charge in [-0.1, -0.05) is 0 Å². The molecule has 6 nitrogen and oxygen atoms in total. The van der Waals surface area contributed by atoms with E-state index in [2.05, 4.69) is 15.1 Å². The minimum Gasteiger partial charge on any atom is -0.382 e. The topological polar surface area (TPSA) is 74.0 Å². The Morgan fingerprint density at radius 3 is 2.24 bits per heavy atom. The number of imidazole rings is 2. The van der Waals surface area contributed by atoms with Crippen LogP contribution in [0.5, 0.6) is 0 Å². The van der Waals surface area contributed by atoms with Crippen LogP contribution in [-0.2, 0) is 0 Å². The van der Waals surface area contributed by atoms with Crippen LogP contribution in [0.4, 0.5) is 14.6 Å². The number of nitrogen functional groups attached to an aromatic ring is 1. The van der Waals surface area contributed by atoms with Crippen LogP contribution in [0.25, 0.3) is 34.0 Å². The molecule has 0 aliphatic carbocycles. The molecule has 2 N–H and O–H groups in total. The van der Waals surface area contributed by atoms with Gasteiger partial charge in [-0.3, -0.25) is 4.57 Å². The van der Waals surface area contributed by atoms with Crippen molar-refractivity contribution in [2.45, 2.75) is 0 Å². The highest BCUT2D eigenvalue weighted by atomic mass is 19.1. The molecular weight excluding hydrogens is 374 g/mol. The van der Waals surface area contributed by atoms with Gasteiger partial charge in [-0.2, -0.15) is 5.10 Å². The van der Waals surface area contributed by atoms with Crippen molar-refractivity contribution in [3.05, 3.63) is 84.8 Å². The number of nitrogens with two attached hydrogens (primary N) is 1. The predicted octanol–water partition coefficient (Wildman–Crippen LogP) is 4.11. The van der Waals surface area contributed by atoms with E-state index in [4.69, 9.17) is 5.73 Å². The van der Waals surface area contributed by atoms with Crippen molar-refractivity contribution in [1.82, 2.24) is 24.1 Å². The number of rotatable bonds is 3. The van der Waals surface area contributed by atoms with Gasteiger partial charge in [0.25, 0.3) is 0 Å². The summed E-state index contributed by atoms with van der Waals surface area (Å²) < 4.78 is 30.2. The number of hydrogen-bond donors (Lipinski definition) is 1. The minimum absolute atomic E-state index is 0.331. The highest BCUT2D eigenvalue weighted by molar-refractivity contribution is 5.78. The molecule has 0 saturated heterocycles. The summed E-state index contributed by atoms with van der Waals surface area (Å²) in [6, 6.07) is 15.8. The molecule has 3 heterocycles. The lowest BCUT2D eigenvalue weighted by atomic mass is 10.1. The van der Waals surface area contributed by atoms with E-state index in [1.807, 2.05) is 10.6 Å². The second kappa shape index (κ2) is 6.52. The lowest BCUT2D eigenvalue weighted by molar-refractivity contribution is 0.627. The van der Waals surface area contributed by atoms with Crippen LogP contribution >= 0.6 is 0 Å². The van der Waals surface area contributed by atoms with Crippen LogP contribution in [-0.4, -0.2) is 24.1 Å². The lowest BCUT2D eigenvalue weighted by Gasteiger charge is -2.10. The van der Waals surface area contributed by atoms with Gasteiger partial charge in [0.1, 0.15) is 35.2 Å². The number of anilines is 1. The molecule has 0 saturated carbocycles. The molecule has 0 aliphatic rings. The van der Waals surface area contributed by atoms with Crippen molar-refractivity contribution in [3.63, 3.8) is 0 Å². The van der Waals surface area contributed by atoms with Crippen LogP contribution in [0.15, 0.2) is 73.2 Å². The summed E-state index contributed by atoms with van der Waals surface area (Å²) in [4.78, 5) is 8.72. The summed E-state index contributed by atoms with van der Waals surface area (Å²) in [5.41, 5.74) is 9.74. The fourth-order valence-corrected chi connectivity index (χ4v) is 3.24. The predicted molar refractivity (Wildman–Crippen MR) is 105 cm³/mol. The van der Waals surface area contributed by atoms with Crippen molar-refractivity contribution >= 4 is 11.5 Å². The first-order chi connectivity index (χ1) is 14.1. The maximum atomic E-state index is 13.4. The zero-order valence-electron chi connectivity index (χ0n) is 15.0. The molecule has 29 heavy (non-hydrogen) atoms. The molecule has 0 aliphatic heterocycles. The van der Waals surface area contributed by atoms with Gasteiger partial charge >= 0.3 is 0 Å². The first kappa shape index (κ1) is 17.1. The van der Waals surface area contributed by atoms with Crippen LogP contribution in [0.1, 0.15) is 0 Å². The molecule has 5 rings (SSSR count). The monoisotopic (exact) mass is 388 g/mol. The van der Waals surface area contributed by atoms with Crippen molar-refractivity contribution in [1.29, 1.82) is 0 Å². The summed E-state index contributed by atoms with van der Waals surface area (Å²) in [7, 11) is 0. The van der Waals surface area contributed by atoms with E-state index < -0.39 is 0 Å². The van der Waals surface area contributed by atoms with Crippen molar-refractivity contribution in [3.8, 4) is 28.3 Å². The summed E-state index contributed by atoms with van der Waals surface area (Å²) in [5.74, 6) is -0.301. The highest BCUT2D eigenvalue weighted by Gasteiger charge is 2.18. The van der Waals surface area contributed by atoms with Gasteiger partial charge in [0.15, 0.2) is 5.65 Å². The Balaban J connectivity index is 1.75. The Kier molecular flexibility index (Phi) is 3.83. The lowest BCUT2D eigenvalue weighted by Crippen LogP contribution is -2.01. The Labute approximate surface area is 163 Å². The van der Waals surface area contributed by atoms with Gasteiger partial charge < -0.3 is 5.73 Å². The average Bonchev–Trinajstić information content (AvgIpc) is 3.31. The third kappa shape index (κ3) is 3.00. The molecule has 2 aromatic carbocycles. The Hall–Kier alpha value is -4.07. The maximum Gasteiger partial charge on any atom is 0.156 e. The molecule has 8 heteroatoms. The summed E-state index contributed by atoms with van der Waals surface area (Å²) in [6.45, 7) is 0. The molecular formula is C21H14F2N6. The molecule has 0 atom stereocenters. The van der Waals surface area contributed by atoms with Gasteiger partial charge in [0.2, 0.25) is 0 Å². The van der Waals surface area contributed by atoms with E-state index >= 15 is 0 Å². The number of halogens is 2. The van der Waals surface area contributed by atoms with E-state index in [0.29, 0.717) is 34.2 Å². The Morgan fingerprint density at radius 1 is 0.828 bits per heavy atom. The fraction of sp³-hybridized carbons (Fsp3) is 0. The van der Waals surface area contributed by atoms with E-state index in [1.54, 1.807) is 47.4 Å². The first-order valence-electron chi connectivity index (χ1n) is 8.80. The molecule has 0 fully saturated rings. The second-order valence-electron chi connectivity index (χ2n) is 6.48. The Bertz CT molecular complexity index is 1260. The molecule has 0 radical (unpaired) electrons.